The highest BCUT2D eigenvalue weighted by Gasteiger charge is 2.11. The van der Waals surface area contributed by atoms with E-state index in [-0.39, 0.29) is 5.56 Å². The third-order valence-electron chi connectivity index (χ3n) is 3.97. The van der Waals surface area contributed by atoms with Gasteiger partial charge in [0.05, 0.1) is 0 Å². The number of fused-ring (bicyclic) bond motifs is 1. The number of rotatable bonds is 2. The van der Waals surface area contributed by atoms with Gasteiger partial charge in [0.1, 0.15) is 5.82 Å². The SMILES string of the molecule is Cc1[nH]c2ccc(C(=O)NNC(=O)c3ccc(F)cc3)cc2c1C. The molecule has 5 nitrogen and oxygen atoms in total. The first-order valence-corrected chi connectivity index (χ1v) is 7.41. The van der Waals surface area contributed by atoms with Crippen LogP contribution in [0.2, 0.25) is 0 Å². The molecular formula is C18H16FN3O2. The highest BCUT2D eigenvalue weighted by Crippen LogP contribution is 2.22. The molecule has 0 spiro atoms. The Hall–Kier alpha value is -3.15. The summed E-state index contributed by atoms with van der Waals surface area (Å²) in [4.78, 5) is 27.3. The first-order chi connectivity index (χ1) is 11.5. The number of aromatic nitrogens is 1. The van der Waals surface area contributed by atoms with Crippen LogP contribution in [0.3, 0.4) is 0 Å². The molecular weight excluding hydrogens is 309 g/mol. The van der Waals surface area contributed by atoms with Crippen molar-refractivity contribution in [3.05, 3.63) is 70.7 Å². The van der Waals surface area contributed by atoms with Crippen LogP contribution in [0.5, 0.6) is 0 Å². The molecule has 1 heterocycles. The molecule has 24 heavy (non-hydrogen) atoms. The molecule has 122 valence electrons. The summed E-state index contributed by atoms with van der Waals surface area (Å²) < 4.78 is 12.8. The summed E-state index contributed by atoms with van der Waals surface area (Å²) in [6, 6.07) is 10.3. The van der Waals surface area contributed by atoms with Crippen molar-refractivity contribution in [1.82, 2.24) is 15.8 Å². The summed E-state index contributed by atoms with van der Waals surface area (Å²) in [5, 5.41) is 0.963. The van der Waals surface area contributed by atoms with Crippen LogP contribution < -0.4 is 10.9 Å². The monoisotopic (exact) mass is 325 g/mol. The van der Waals surface area contributed by atoms with Gasteiger partial charge in [0.25, 0.3) is 11.8 Å². The third-order valence-corrected chi connectivity index (χ3v) is 3.97. The molecule has 0 atom stereocenters. The Balaban J connectivity index is 1.71. The molecule has 0 aliphatic rings. The Bertz CT molecular complexity index is 929. The van der Waals surface area contributed by atoms with E-state index in [4.69, 9.17) is 0 Å². The lowest BCUT2D eigenvalue weighted by Crippen LogP contribution is -2.41. The molecule has 0 aliphatic carbocycles. The second kappa shape index (κ2) is 6.16. The van der Waals surface area contributed by atoms with Crippen LogP contribution in [0.4, 0.5) is 4.39 Å². The molecule has 2 amide bonds. The van der Waals surface area contributed by atoms with Crippen LogP contribution in [-0.4, -0.2) is 16.8 Å². The standard InChI is InChI=1S/C18H16FN3O2/c1-10-11(2)20-16-8-5-13(9-15(10)16)18(24)22-21-17(23)12-3-6-14(19)7-4-12/h3-9,20H,1-2H3,(H,21,23)(H,22,24). The van der Waals surface area contributed by atoms with Crippen molar-refractivity contribution in [2.45, 2.75) is 13.8 Å². The number of halogens is 1. The number of benzene rings is 2. The molecule has 0 fully saturated rings. The van der Waals surface area contributed by atoms with Crippen molar-refractivity contribution in [3.8, 4) is 0 Å². The predicted molar refractivity (Wildman–Crippen MR) is 89.1 cm³/mol. The van der Waals surface area contributed by atoms with Gasteiger partial charge < -0.3 is 4.98 Å². The average Bonchev–Trinajstić information content (AvgIpc) is 2.87. The first kappa shape index (κ1) is 15.7. The number of hydrogen-bond acceptors (Lipinski definition) is 2. The van der Waals surface area contributed by atoms with Crippen molar-refractivity contribution in [2.24, 2.45) is 0 Å². The molecule has 0 unspecified atom stereocenters. The average molecular weight is 325 g/mol. The van der Waals surface area contributed by atoms with E-state index in [0.717, 1.165) is 22.2 Å². The van der Waals surface area contributed by atoms with Gasteiger partial charge in [-0.3, -0.25) is 20.4 Å². The minimum absolute atomic E-state index is 0.254. The fraction of sp³-hybridized carbons (Fsp3) is 0.111. The van der Waals surface area contributed by atoms with Gasteiger partial charge in [-0.1, -0.05) is 0 Å². The van der Waals surface area contributed by atoms with Crippen LogP contribution in [0, 0.1) is 19.7 Å². The maximum atomic E-state index is 12.8. The predicted octanol–water partition coefficient (Wildman–Crippen LogP) is 3.00. The van der Waals surface area contributed by atoms with E-state index in [1.54, 1.807) is 12.1 Å². The topological polar surface area (TPSA) is 74.0 Å². The fourth-order valence-electron chi connectivity index (χ4n) is 2.46. The van der Waals surface area contributed by atoms with E-state index in [1.807, 2.05) is 19.9 Å². The third kappa shape index (κ3) is 2.99. The number of carbonyl (C=O) groups excluding carboxylic acids is 2. The fourth-order valence-corrected chi connectivity index (χ4v) is 2.46. The van der Waals surface area contributed by atoms with Crippen molar-refractivity contribution in [2.75, 3.05) is 0 Å². The van der Waals surface area contributed by atoms with Gasteiger partial charge in [0.15, 0.2) is 0 Å². The van der Waals surface area contributed by atoms with Gasteiger partial charge in [-0.05, 0) is 61.9 Å². The zero-order valence-corrected chi connectivity index (χ0v) is 13.2. The van der Waals surface area contributed by atoms with Crippen LogP contribution in [0.15, 0.2) is 42.5 Å². The van der Waals surface area contributed by atoms with Crippen LogP contribution in [-0.2, 0) is 0 Å². The maximum absolute atomic E-state index is 12.8. The summed E-state index contributed by atoms with van der Waals surface area (Å²) >= 11 is 0. The van der Waals surface area contributed by atoms with Crippen LogP contribution >= 0.6 is 0 Å². The van der Waals surface area contributed by atoms with Gasteiger partial charge in [0.2, 0.25) is 0 Å². The number of hydrogen-bond donors (Lipinski definition) is 3. The van der Waals surface area contributed by atoms with Gasteiger partial charge in [-0.2, -0.15) is 0 Å². The normalized spacial score (nSPS) is 10.6. The van der Waals surface area contributed by atoms with E-state index < -0.39 is 17.6 Å². The second-order valence-electron chi connectivity index (χ2n) is 5.55. The molecule has 6 heteroatoms. The zero-order valence-electron chi connectivity index (χ0n) is 13.2. The summed E-state index contributed by atoms with van der Waals surface area (Å²) in [6.07, 6.45) is 0. The van der Waals surface area contributed by atoms with E-state index in [9.17, 15) is 14.0 Å². The second-order valence-corrected chi connectivity index (χ2v) is 5.55. The maximum Gasteiger partial charge on any atom is 0.269 e. The number of amides is 2. The van der Waals surface area contributed by atoms with Crippen molar-refractivity contribution >= 4 is 22.7 Å². The van der Waals surface area contributed by atoms with Crippen molar-refractivity contribution in [1.29, 1.82) is 0 Å². The van der Waals surface area contributed by atoms with Crippen molar-refractivity contribution in [3.63, 3.8) is 0 Å². The molecule has 1 aromatic heterocycles. The van der Waals surface area contributed by atoms with E-state index >= 15 is 0 Å². The van der Waals surface area contributed by atoms with Gasteiger partial charge in [0, 0.05) is 27.7 Å². The van der Waals surface area contributed by atoms with Crippen molar-refractivity contribution < 1.29 is 14.0 Å². The summed E-state index contributed by atoms with van der Waals surface area (Å²) in [7, 11) is 0. The van der Waals surface area contributed by atoms with Gasteiger partial charge >= 0.3 is 0 Å². The van der Waals surface area contributed by atoms with Crippen LogP contribution in [0.25, 0.3) is 10.9 Å². The smallest absolute Gasteiger partial charge is 0.269 e. The van der Waals surface area contributed by atoms with Crippen LogP contribution in [0.1, 0.15) is 32.0 Å². The lowest BCUT2D eigenvalue weighted by Gasteiger charge is -2.07. The largest absolute Gasteiger partial charge is 0.358 e. The molecule has 0 bridgehead atoms. The number of H-pyrrole nitrogens is 1. The minimum atomic E-state index is -0.516. The number of aryl methyl sites for hydroxylation is 2. The lowest BCUT2D eigenvalue weighted by atomic mass is 10.1. The highest BCUT2D eigenvalue weighted by atomic mass is 19.1. The Morgan fingerprint density at radius 2 is 1.50 bits per heavy atom. The quantitative estimate of drug-likeness (QED) is 0.634. The molecule has 0 saturated carbocycles. The molecule has 3 rings (SSSR count). The van der Waals surface area contributed by atoms with Gasteiger partial charge in [-0.25, -0.2) is 4.39 Å². The summed E-state index contributed by atoms with van der Waals surface area (Å²) in [5.74, 6) is -1.37. The molecule has 2 aromatic carbocycles. The number of nitrogens with one attached hydrogen (secondary N) is 3. The molecule has 0 saturated heterocycles. The number of aromatic amines is 1. The summed E-state index contributed by atoms with van der Waals surface area (Å²) in [5.41, 5.74) is 8.45. The molecule has 0 aliphatic heterocycles. The number of hydrazine groups is 1. The van der Waals surface area contributed by atoms with E-state index in [0.29, 0.717) is 5.56 Å². The molecule has 3 aromatic rings. The number of carbonyl (C=O) groups is 2. The van der Waals surface area contributed by atoms with Gasteiger partial charge in [-0.15, -0.1) is 0 Å². The highest BCUT2D eigenvalue weighted by molar-refractivity contribution is 6.01. The minimum Gasteiger partial charge on any atom is -0.358 e. The summed E-state index contributed by atoms with van der Waals surface area (Å²) in [6.45, 7) is 3.95. The Kier molecular flexibility index (Phi) is 4.04. The Morgan fingerprint density at radius 3 is 2.17 bits per heavy atom. The van der Waals surface area contributed by atoms with E-state index in [1.165, 1.54) is 24.3 Å². The molecule has 3 N–H and O–H groups in total. The lowest BCUT2D eigenvalue weighted by molar-refractivity contribution is 0.0846. The first-order valence-electron chi connectivity index (χ1n) is 7.41. The molecule has 0 radical (unpaired) electrons. The zero-order chi connectivity index (χ0) is 17.3. The van der Waals surface area contributed by atoms with E-state index in [2.05, 4.69) is 15.8 Å². The Morgan fingerprint density at radius 1 is 0.917 bits per heavy atom. The Labute approximate surface area is 137 Å².